The average molecular weight is 407 g/mol. The van der Waals surface area contributed by atoms with Crippen molar-refractivity contribution in [3.05, 3.63) is 59.3 Å². The minimum absolute atomic E-state index is 0.229. The number of morpholine rings is 1. The fourth-order valence-electron chi connectivity index (χ4n) is 3.07. The molecule has 1 aromatic heterocycles. The summed E-state index contributed by atoms with van der Waals surface area (Å²) in [7, 11) is 1.62. The molecule has 0 atom stereocenters. The van der Waals surface area contributed by atoms with Gasteiger partial charge in [-0.2, -0.15) is 13.2 Å². The van der Waals surface area contributed by atoms with Gasteiger partial charge in [0, 0.05) is 45.0 Å². The fourth-order valence-corrected chi connectivity index (χ4v) is 3.07. The molecule has 0 aliphatic carbocycles. The molecule has 156 valence electrons. The van der Waals surface area contributed by atoms with Crippen LogP contribution in [0, 0.1) is 0 Å². The Morgan fingerprint density at radius 2 is 1.90 bits per heavy atom. The maximum absolute atomic E-state index is 12.9. The maximum Gasteiger partial charge on any atom is 0.416 e. The van der Waals surface area contributed by atoms with E-state index in [0.29, 0.717) is 31.3 Å². The molecule has 2 aromatic rings. The lowest BCUT2D eigenvalue weighted by atomic mass is 10.1. The molecule has 0 amide bonds. The van der Waals surface area contributed by atoms with Crippen LogP contribution in [0.3, 0.4) is 0 Å². The number of pyridine rings is 1. The minimum atomic E-state index is -4.36. The molecule has 2 heterocycles. The summed E-state index contributed by atoms with van der Waals surface area (Å²) < 4.78 is 44.0. The van der Waals surface area contributed by atoms with Crippen LogP contribution in [0.15, 0.2) is 47.6 Å². The largest absolute Gasteiger partial charge is 0.416 e. The third-order valence-electron chi connectivity index (χ3n) is 4.56. The van der Waals surface area contributed by atoms with Crippen molar-refractivity contribution in [2.75, 3.05) is 38.3 Å². The number of guanidine groups is 1. The predicted octanol–water partition coefficient (Wildman–Crippen LogP) is 2.80. The second-order valence-electron chi connectivity index (χ2n) is 6.56. The van der Waals surface area contributed by atoms with Crippen LogP contribution in [-0.4, -0.2) is 44.3 Å². The lowest BCUT2D eigenvalue weighted by Gasteiger charge is -2.29. The van der Waals surface area contributed by atoms with E-state index in [4.69, 9.17) is 4.74 Å². The van der Waals surface area contributed by atoms with Gasteiger partial charge in [0.25, 0.3) is 0 Å². The molecule has 1 aliphatic rings. The molecule has 0 radical (unpaired) electrons. The monoisotopic (exact) mass is 407 g/mol. The first-order valence-electron chi connectivity index (χ1n) is 9.34. The summed E-state index contributed by atoms with van der Waals surface area (Å²) >= 11 is 0. The maximum atomic E-state index is 12.9. The summed E-state index contributed by atoms with van der Waals surface area (Å²) in [5.74, 6) is 1.40. The highest BCUT2D eigenvalue weighted by Crippen LogP contribution is 2.29. The van der Waals surface area contributed by atoms with E-state index < -0.39 is 11.7 Å². The Kier molecular flexibility index (Phi) is 6.92. The average Bonchev–Trinajstić information content (AvgIpc) is 2.74. The molecule has 1 aromatic carbocycles. The standard InChI is InChI=1S/C20H24F3N5O/c1-24-19(26-13-15-4-2-6-17(12-15)20(21,22)23)27-14-16-5-3-7-25-18(16)28-8-10-29-11-9-28/h2-7,12H,8-11,13-14H2,1H3,(H2,24,26,27). The first kappa shape index (κ1) is 20.9. The van der Waals surface area contributed by atoms with Crippen molar-refractivity contribution in [3.63, 3.8) is 0 Å². The number of nitrogens with one attached hydrogen (secondary N) is 2. The molecule has 0 spiro atoms. The molecule has 2 N–H and O–H groups in total. The predicted molar refractivity (Wildman–Crippen MR) is 106 cm³/mol. The Bertz CT molecular complexity index is 835. The number of hydrogen-bond donors (Lipinski definition) is 2. The Morgan fingerprint density at radius 1 is 1.14 bits per heavy atom. The van der Waals surface area contributed by atoms with Gasteiger partial charge in [0.05, 0.1) is 18.8 Å². The molecule has 1 aliphatic heterocycles. The van der Waals surface area contributed by atoms with Crippen LogP contribution in [0.4, 0.5) is 19.0 Å². The Balaban J connectivity index is 1.59. The van der Waals surface area contributed by atoms with Crippen molar-refractivity contribution in [1.29, 1.82) is 0 Å². The SMILES string of the molecule is CN=C(NCc1cccc(C(F)(F)F)c1)NCc1cccnc1N1CCOCC1. The van der Waals surface area contributed by atoms with E-state index in [1.54, 1.807) is 19.3 Å². The number of ether oxygens (including phenoxy) is 1. The van der Waals surface area contributed by atoms with E-state index in [1.165, 1.54) is 6.07 Å². The zero-order chi connectivity index (χ0) is 20.7. The summed E-state index contributed by atoms with van der Waals surface area (Å²) in [6, 6.07) is 9.11. The van der Waals surface area contributed by atoms with E-state index in [1.807, 2.05) is 12.1 Å². The zero-order valence-corrected chi connectivity index (χ0v) is 16.2. The summed E-state index contributed by atoms with van der Waals surface area (Å²) in [4.78, 5) is 10.8. The zero-order valence-electron chi connectivity index (χ0n) is 16.2. The number of anilines is 1. The highest BCUT2D eigenvalue weighted by atomic mass is 19.4. The van der Waals surface area contributed by atoms with Gasteiger partial charge in [-0.3, -0.25) is 4.99 Å². The second-order valence-corrected chi connectivity index (χ2v) is 6.56. The minimum Gasteiger partial charge on any atom is -0.378 e. The van der Waals surface area contributed by atoms with Crippen LogP contribution in [-0.2, 0) is 24.0 Å². The van der Waals surface area contributed by atoms with Gasteiger partial charge < -0.3 is 20.3 Å². The van der Waals surface area contributed by atoms with Crippen molar-refractivity contribution in [3.8, 4) is 0 Å². The number of nitrogens with zero attached hydrogens (tertiary/aromatic N) is 3. The number of halogens is 3. The molecule has 6 nitrogen and oxygen atoms in total. The molecule has 29 heavy (non-hydrogen) atoms. The summed E-state index contributed by atoms with van der Waals surface area (Å²) in [5, 5.41) is 6.25. The van der Waals surface area contributed by atoms with E-state index in [9.17, 15) is 13.2 Å². The van der Waals surface area contributed by atoms with Gasteiger partial charge in [0.1, 0.15) is 5.82 Å². The van der Waals surface area contributed by atoms with Gasteiger partial charge in [-0.05, 0) is 23.8 Å². The van der Waals surface area contributed by atoms with Gasteiger partial charge >= 0.3 is 6.18 Å². The number of benzene rings is 1. The fraction of sp³-hybridized carbons (Fsp3) is 0.400. The van der Waals surface area contributed by atoms with Crippen LogP contribution < -0.4 is 15.5 Å². The summed E-state index contributed by atoms with van der Waals surface area (Å²) in [6.07, 6.45) is -2.60. The number of alkyl halides is 3. The van der Waals surface area contributed by atoms with E-state index in [-0.39, 0.29) is 6.54 Å². The van der Waals surface area contributed by atoms with Crippen molar-refractivity contribution in [2.45, 2.75) is 19.3 Å². The van der Waals surface area contributed by atoms with Gasteiger partial charge in [-0.15, -0.1) is 0 Å². The van der Waals surface area contributed by atoms with E-state index >= 15 is 0 Å². The highest BCUT2D eigenvalue weighted by molar-refractivity contribution is 5.79. The first-order valence-corrected chi connectivity index (χ1v) is 9.34. The van der Waals surface area contributed by atoms with Gasteiger partial charge in [-0.1, -0.05) is 18.2 Å². The molecule has 3 rings (SSSR count). The summed E-state index contributed by atoms with van der Waals surface area (Å²) in [6.45, 7) is 3.63. The van der Waals surface area contributed by atoms with Crippen molar-refractivity contribution in [2.24, 2.45) is 4.99 Å². The molecular weight excluding hydrogens is 383 g/mol. The molecule has 1 saturated heterocycles. The lowest BCUT2D eigenvalue weighted by molar-refractivity contribution is -0.137. The molecule has 9 heteroatoms. The number of aromatic nitrogens is 1. The quantitative estimate of drug-likeness (QED) is 0.590. The van der Waals surface area contributed by atoms with E-state index in [2.05, 4.69) is 25.5 Å². The third kappa shape index (κ3) is 5.83. The molecule has 0 unspecified atom stereocenters. The normalized spacial score (nSPS) is 15.3. The highest BCUT2D eigenvalue weighted by Gasteiger charge is 2.30. The Morgan fingerprint density at radius 3 is 2.62 bits per heavy atom. The number of rotatable bonds is 5. The van der Waals surface area contributed by atoms with Crippen LogP contribution in [0.2, 0.25) is 0 Å². The van der Waals surface area contributed by atoms with Gasteiger partial charge in [-0.25, -0.2) is 4.98 Å². The Labute approximate surface area is 167 Å². The lowest BCUT2D eigenvalue weighted by Crippen LogP contribution is -2.39. The second kappa shape index (κ2) is 9.60. The van der Waals surface area contributed by atoms with Gasteiger partial charge in [0.15, 0.2) is 5.96 Å². The van der Waals surface area contributed by atoms with Crippen LogP contribution >= 0.6 is 0 Å². The molecule has 0 saturated carbocycles. The smallest absolute Gasteiger partial charge is 0.378 e. The van der Waals surface area contributed by atoms with Gasteiger partial charge in [0.2, 0.25) is 0 Å². The van der Waals surface area contributed by atoms with Crippen LogP contribution in [0.5, 0.6) is 0 Å². The number of aliphatic imine (C=N–C) groups is 1. The van der Waals surface area contributed by atoms with Crippen molar-refractivity contribution < 1.29 is 17.9 Å². The molecule has 0 bridgehead atoms. The van der Waals surface area contributed by atoms with Crippen LogP contribution in [0.25, 0.3) is 0 Å². The summed E-state index contributed by atoms with van der Waals surface area (Å²) in [5.41, 5.74) is 0.875. The van der Waals surface area contributed by atoms with Crippen molar-refractivity contribution in [1.82, 2.24) is 15.6 Å². The molecular formula is C20H24F3N5O. The Hall–Kier alpha value is -2.81. The first-order chi connectivity index (χ1) is 14.0. The topological polar surface area (TPSA) is 61.8 Å². The van der Waals surface area contributed by atoms with E-state index in [0.717, 1.165) is 36.6 Å². The molecule has 1 fully saturated rings. The van der Waals surface area contributed by atoms with Crippen LogP contribution in [0.1, 0.15) is 16.7 Å². The number of hydrogen-bond acceptors (Lipinski definition) is 4. The third-order valence-corrected chi connectivity index (χ3v) is 4.56. The van der Waals surface area contributed by atoms with Crippen molar-refractivity contribution >= 4 is 11.8 Å².